The number of halogens is 1. The highest BCUT2D eigenvalue weighted by Gasteiger charge is 2.52. The van der Waals surface area contributed by atoms with Crippen molar-refractivity contribution in [2.45, 2.75) is 13.3 Å². The van der Waals surface area contributed by atoms with Gasteiger partial charge < -0.3 is 5.32 Å². The van der Waals surface area contributed by atoms with Crippen molar-refractivity contribution in [2.24, 2.45) is 11.3 Å². The normalized spacial score (nSPS) is 49.9. The highest BCUT2D eigenvalue weighted by Crippen LogP contribution is 2.54. The van der Waals surface area contributed by atoms with Crippen LogP contribution in [0.4, 0.5) is 0 Å². The molecule has 0 spiro atoms. The third kappa shape index (κ3) is 0.652. The number of fused-ring (bicyclic) bond motifs is 1. The minimum Gasteiger partial charge on any atom is -0.316 e. The third-order valence-electron chi connectivity index (χ3n) is 2.46. The summed E-state index contributed by atoms with van der Waals surface area (Å²) >= 11 is 0. The van der Waals surface area contributed by atoms with Crippen LogP contribution in [0, 0.1) is 11.3 Å². The number of nitrogens with one attached hydrogen (secondary N) is 1. The summed E-state index contributed by atoms with van der Waals surface area (Å²) in [5.41, 5.74) is 0.750. The van der Waals surface area contributed by atoms with Crippen molar-refractivity contribution in [3.05, 3.63) is 0 Å². The smallest absolute Gasteiger partial charge is 0.000853 e. The van der Waals surface area contributed by atoms with Crippen LogP contribution in [0.3, 0.4) is 0 Å². The summed E-state index contributed by atoms with van der Waals surface area (Å²) < 4.78 is 0. The van der Waals surface area contributed by atoms with E-state index in [1.54, 1.807) is 0 Å². The Morgan fingerprint density at radius 3 is 2.50 bits per heavy atom. The zero-order valence-corrected chi connectivity index (χ0v) is 5.92. The summed E-state index contributed by atoms with van der Waals surface area (Å²) in [5.74, 6) is 1.05. The summed E-state index contributed by atoms with van der Waals surface area (Å²) in [6.45, 7) is 4.94. The van der Waals surface area contributed by atoms with Gasteiger partial charge in [0.25, 0.3) is 0 Å². The molecule has 0 radical (unpaired) electrons. The summed E-state index contributed by atoms with van der Waals surface area (Å²) in [4.78, 5) is 0. The van der Waals surface area contributed by atoms with Gasteiger partial charge in [-0.25, -0.2) is 0 Å². The zero-order valence-electron chi connectivity index (χ0n) is 5.11. The lowest BCUT2D eigenvalue weighted by Gasteiger charge is -1.97. The minimum atomic E-state index is 0. The first-order valence-electron chi connectivity index (χ1n) is 3.02. The molecule has 2 heteroatoms. The quantitative estimate of drug-likeness (QED) is 0.521. The Morgan fingerprint density at radius 1 is 1.62 bits per heavy atom. The van der Waals surface area contributed by atoms with E-state index in [1.807, 2.05) is 0 Å². The number of hydrogen-bond donors (Lipinski definition) is 1. The van der Waals surface area contributed by atoms with Gasteiger partial charge >= 0.3 is 0 Å². The highest BCUT2D eigenvalue weighted by molar-refractivity contribution is 5.85. The molecule has 1 saturated carbocycles. The lowest BCUT2D eigenvalue weighted by atomic mass is 10.1. The Labute approximate surface area is 56.3 Å². The molecule has 0 aromatic rings. The van der Waals surface area contributed by atoms with Crippen LogP contribution in [0.15, 0.2) is 0 Å². The van der Waals surface area contributed by atoms with Crippen molar-refractivity contribution in [2.75, 3.05) is 13.1 Å². The van der Waals surface area contributed by atoms with E-state index in [-0.39, 0.29) is 12.4 Å². The van der Waals surface area contributed by atoms with E-state index in [9.17, 15) is 0 Å². The van der Waals surface area contributed by atoms with Crippen LogP contribution in [0.1, 0.15) is 13.3 Å². The molecule has 2 atom stereocenters. The molecule has 0 aromatic heterocycles. The van der Waals surface area contributed by atoms with Crippen molar-refractivity contribution in [3.8, 4) is 0 Å². The third-order valence-corrected chi connectivity index (χ3v) is 2.46. The van der Waals surface area contributed by atoms with Crippen molar-refractivity contribution >= 4 is 12.4 Å². The molecule has 1 saturated heterocycles. The molecule has 48 valence electrons. The summed E-state index contributed by atoms with van der Waals surface area (Å²) in [7, 11) is 0. The molecule has 2 aliphatic rings. The van der Waals surface area contributed by atoms with E-state index in [0.717, 1.165) is 11.3 Å². The van der Waals surface area contributed by atoms with Gasteiger partial charge in [-0.2, -0.15) is 0 Å². The van der Waals surface area contributed by atoms with E-state index in [4.69, 9.17) is 0 Å². The fourth-order valence-corrected chi connectivity index (χ4v) is 1.57. The van der Waals surface area contributed by atoms with Crippen LogP contribution in [0.25, 0.3) is 0 Å². The van der Waals surface area contributed by atoms with Gasteiger partial charge in [0.15, 0.2) is 0 Å². The Kier molecular flexibility index (Phi) is 1.28. The molecule has 1 unspecified atom stereocenters. The lowest BCUT2D eigenvalue weighted by Crippen LogP contribution is -2.13. The largest absolute Gasteiger partial charge is 0.316 e. The molecule has 0 bridgehead atoms. The van der Waals surface area contributed by atoms with Gasteiger partial charge in [-0.3, -0.25) is 0 Å². The standard InChI is InChI=1S/C6H11N.ClH/c1-6-2-5(6)3-7-4-6;/h5,7H,2-4H2,1H3;1H/t5?,6-;/m0./s1. The van der Waals surface area contributed by atoms with E-state index in [0.29, 0.717) is 0 Å². The Morgan fingerprint density at radius 2 is 2.38 bits per heavy atom. The summed E-state index contributed by atoms with van der Waals surface area (Å²) in [6, 6.07) is 0. The van der Waals surface area contributed by atoms with Crippen molar-refractivity contribution < 1.29 is 0 Å². The van der Waals surface area contributed by atoms with Crippen molar-refractivity contribution in [1.82, 2.24) is 5.32 Å². The molecule has 0 amide bonds. The molecule has 1 aliphatic heterocycles. The molecular formula is C6H12ClN. The Bertz CT molecular complexity index is 103. The minimum absolute atomic E-state index is 0. The maximum Gasteiger partial charge on any atom is 0.000853 e. The SMILES string of the molecule is C[C@]12CNCC1C2.Cl. The average Bonchev–Trinajstić information content (AvgIpc) is 2.09. The van der Waals surface area contributed by atoms with Crippen LogP contribution < -0.4 is 5.32 Å². The first kappa shape index (κ1) is 6.37. The van der Waals surface area contributed by atoms with Gasteiger partial charge in [0.05, 0.1) is 0 Å². The molecule has 0 aromatic carbocycles. The first-order chi connectivity index (χ1) is 3.31. The number of hydrogen-bond acceptors (Lipinski definition) is 1. The maximum atomic E-state index is 3.36. The molecule has 1 heterocycles. The number of rotatable bonds is 0. The second-order valence-electron chi connectivity index (χ2n) is 3.19. The van der Waals surface area contributed by atoms with Crippen molar-refractivity contribution in [1.29, 1.82) is 0 Å². The van der Waals surface area contributed by atoms with Gasteiger partial charge in [-0.15, -0.1) is 12.4 Å². The molecule has 1 nitrogen and oxygen atoms in total. The van der Waals surface area contributed by atoms with E-state index >= 15 is 0 Å². The molecular weight excluding hydrogens is 122 g/mol. The molecule has 1 aliphatic carbocycles. The van der Waals surface area contributed by atoms with Crippen LogP contribution in [0.2, 0.25) is 0 Å². The van der Waals surface area contributed by atoms with Gasteiger partial charge in [0, 0.05) is 6.54 Å². The molecule has 8 heavy (non-hydrogen) atoms. The van der Waals surface area contributed by atoms with Crippen LogP contribution >= 0.6 is 12.4 Å². The highest BCUT2D eigenvalue weighted by atomic mass is 35.5. The van der Waals surface area contributed by atoms with Crippen LogP contribution in [-0.4, -0.2) is 13.1 Å². The van der Waals surface area contributed by atoms with Gasteiger partial charge in [-0.1, -0.05) is 6.92 Å². The van der Waals surface area contributed by atoms with E-state index in [1.165, 1.54) is 19.5 Å². The van der Waals surface area contributed by atoms with Gasteiger partial charge in [0.2, 0.25) is 0 Å². The average molecular weight is 134 g/mol. The topological polar surface area (TPSA) is 12.0 Å². The Hall–Kier alpha value is 0.250. The van der Waals surface area contributed by atoms with Gasteiger partial charge in [-0.05, 0) is 24.3 Å². The summed E-state index contributed by atoms with van der Waals surface area (Å²) in [5, 5.41) is 3.36. The fourth-order valence-electron chi connectivity index (χ4n) is 1.57. The summed E-state index contributed by atoms with van der Waals surface area (Å²) in [6.07, 6.45) is 1.49. The van der Waals surface area contributed by atoms with E-state index < -0.39 is 0 Å². The fraction of sp³-hybridized carbons (Fsp3) is 1.00. The second kappa shape index (κ2) is 1.61. The predicted octanol–water partition coefficient (Wildman–Crippen LogP) is 1.04. The first-order valence-corrected chi connectivity index (χ1v) is 3.02. The zero-order chi connectivity index (χ0) is 4.91. The van der Waals surface area contributed by atoms with E-state index in [2.05, 4.69) is 12.2 Å². The lowest BCUT2D eigenvalue weighted by molar-refractivity contribution is 0.576. The van der Waals surface area contributed by atoms with Crippen molar-refractivity contribution in [3.63, 3.8) is 0 Å². The van der Waals surface area contributed by atoms with Crippen LogP contribution in [-0.2, 0) is 0 Å². The predicted molar refractivity (Wildman–Crippen MR) is 36.3 cm³/mol. The monoisotopic (exact) mass is 133 g/mol. The Balaban J connectivity index is 0.000000320. The molecule has 2 rings (SSSR count). The molecule has 2 fully saturated rings. The second-order valence-corrected chi connectivity index (χ2v) is 3.19. The van der Waals surface area contributed by atoms with Gasteiger partial charge in [0.1, 0.15) is 0 Å². The molecule has 1 N–H and O–H groups in total. The maximum absolute atomic E-state index is 3.36. The number of piperidine rings is 1. The van der Waals surface area contributed by atoms with Crippen LogP contribution in [0.5, 0.6) is 0 Å².